The normalized spacial score (nSPS) is 19.2. The van der Waals surface area contributed by atoms with Gasteiger partial charge >= 0.3 is 11.8 Å². The summed E-state index contributed by atoms with van der Waals surface area (Å²) in [5.74, 6) is -0.641. The van der Waals surface area contributed by atoms with Crippen LogP contribution >= 0.6 is 0 Å². The van der Waals surface area contributed by atoms with Gasteiger partial charge in [0.25, 0.3) is 0 Å². The zero-order valence-corrected chi connectivity index (χ0v) is 16.1. The van der Waals surface area contributed by atoms with Crippen LogP contribution in [0.15, 0.2) is 24.3 Å². The number of carbonyl (C=O) groups is 2. The first kappa shape index (κ1) is 18.7. The Bertz CT molecular complexity index is 619. The second kappa shape index (κ2) is 8.56. The van der Waals surface area contributed by atoms with Crippen LogP contribution < -0.4 is 4.90 Å². The van der Waals surface area contributed by atoms with Gasteiger partial charge in [0.15, 0.2) is 0 Å². The van der Waals surface area contributed by atoms with Crippen molar-refractivity contribution < 1.29 is 9.59 Å². The molecule has 3 rings (SSSR count). The van der Waals surface area contributed by atoms with Crippen molar-refractivity contribution in [3.05, 3.63) is 29.8 Å². The second-order valence-electron chi connectivity index (χ2n) is 7.36. The van der Waals surface area contributed by atoms with Gasteiger partial charge in [-0.05, 0) is 44.4 Å². The summed E-state index contributed by atoms with van der Waals surface area (Å²) in [7, 11) is 0. The van der Waals surface area contributed by atoms with Crippen LogP contribution in [0, 0.1) is 0 Å². The molecule has 0 unspecified atom stereocenters. The van der Waals surface area contributed by atoms with Gasteiger partial charge in [-0.2, -0.15) is 0 Å². The molecule has 0 atom stereocenters. The molecule has 1 aromatic carbocycles. The first-order valence-electron chi connectivity index (χ1n) is 10.1. The number of carbonyl (C=O) groups excluding carboxylic acids is 2. The third kappa shape index (κ3) is 4.02. The van der Waals surface area contributed by atoms with Gasteiger partial charge in [0.05, 0.1) is 0 Å². The number of rotatable bonds is 6. The molecule has 2 amide bonds. The van der Waals surface area contributed by atoms with Crippen LogP contribution in [0.5, 0.6) is 0 Å². The van der Waals surface area contributed by atoms with Crippen molar-refractivity contribution in [1.82, 2.24) is 9.80 Å². The van der Waals surface area contributed by atoms with Crippen LogP contribution in [0.3, 0.4) is 0 Å². The van der Waals surface area contributed by atoms with E-state index in [4.69, 9.17) is 0 Å². The summed E-state index contributed by atoms with van der Waals surface area (Å²) >= 11 is 0. The lowest BCUT2D eigenvalue weighted by Crippen LogP contribution is -2.57. The van der Waals surface area contributed by atoms with E-state index in [1.165, 1.54) is 24.9 Å². The summed E-state index contributed by atoms with van der Waals surface area (Å²) in [6.07, 6.45) is 5.69. The molecule has 0 spiro atoms. The lowest BCUT2D eigenvalue weighted by atomic mass is 9.93. The summed E-state index contributed by atoms with van der Waals surface area (Å²) in [4.78, 5) is 31.0. The molecular weight excluding hydrogens is 326 g/mol. The van der Waals surface area contributed by atoms with Crippen molar-refractivity contribution in [2.45, 2.75) is 58.5 Å². The molecule has 1 aliphatic carbocycles. The monoisotopic (exact) mass is 357 g/mol. The number of nitrogens with zero attached hydrogens (tertiary/aromatic N) is 3. The molecule has 0 N–H and O–H groups in total. The van der Waals surface area contributed by atoms with E-state index in [0.717, 1.165) is 31.5 Å². The molecule has 1 saturated carbocycles. The molecular formula is C21H31N3O2. The Morgan fingerprint density at radius 1 is 0.923 bits per heavy atom. The Kier molecular flexibility index (Phi) is 6.17. The van der Waals surface area contributed by atoms with Crippen molar-refractivity contribution in [1.29, 1.82) is 0 Å². The molecule has 1 aliphatic heterocycles. The molecule has 26 heavy (non-hydrogen) atoms. The zero-order chi connectivity index (χ0) is 18.5. The van der Waals surface area contributed by atoms with Gasteiger partial charge in [-0.25, -0.2) is 0 Å². The molecule has 0 radical (unpaired) electrons. The molecule has 2 fully saturated rings. The second-order valence-corrected chi connectivity index (χ2v) is 7.36. The Morgan fingerprint density at radius 3 is 2.19 bits per heavy atom. The Labute approximate surface area is 156 Å². The van der Waals surface area contributed by atoms with Crippen molar-refractivity contribution in [2.24, 2.45) is 0 Å². The zero-order valence-electron chi connectivity index (χ0n) is 16.1. The minimum atomic E-state index is -0.338. The van der Waals surface area contributed by atoms with Gasteiger partial charge in [-0.1, -0.05) is 31.4 Å². The maximum absolute atomic E-state index is 12.6. The number of anilines is 1. The Morgan fingerprint density at radius 2 is 1.58 bits per heavy atom. The van der Waals surface area contributed by atoms with Crippen molar-refractivity contribution >= 4 is 17.5 Å². The summed E-state index contributed by atoms with van der Waals surface area (Å²) < 4.78 is 0. The van der Waals surface area contributed by atoms with Gasteiger partial charge in [0.2, 0.25) is 0 Å². The minimum Gasteiger partial charge on any atom is -0.372 e. The fourth-order valence-electron chi connectivity index (χ4n) is 4.20. The Balaban J connectivity index is 1.61. The van der Waals surface area contributed by atoms with E-state index in [-0.39, 0.29) is 17.9 Å². The van der Waals surface area contributed by atoms with Crippen molar-refractivity contribution in [2.75, 3.05) is 31.1 Å². The minimum absolute atomic E-state index is 0.274. The van der Waals surface area contributed by atoms with Crippen molar-refractivity contribution in [3.8, 4) is 0 Å². The van der Waals surface area contributed by atoms with E-state index in [0.29, 0.717) is 19.6 Å². The van der Waals surface area contributed by atoms with Crippen LogP contribution in [-0.2, 0) is 16.1 Å². The summed E-state index contributed by atoms with van der Waals surface area (Å²) in [5.41, 5.74) is 2.27. The highest BCUT2D eigenvalue weighted by molar-refractivity contribution is 6.35. The molecule has 142 valence electrons. The molecule has 1 heterocycles. The smallest absolute Gasteiger partial charge is 0.312 e. The van der Waals surface area contributed by atoms with Gasteiger partial charge in [0, 0.05) is 44.5 Å². The lowest BCUT2D eigenvalue weighted by molar-refractivity contribution is -0.158. The van der Waals surface area contributed by atoms with E-state index < -0.39 is 0 Å². The predicted molar refractivity (Wildman–Crippen MR) is 104 cm³/mol. The molecule has 0 bridgehead atoms. The van der Waals surface area contributed by atoms with Crippen LogP contribution in [-0.4, -0.2) is 53.8 Å². The predicted octanol–water partition coefficient (Wildman–Crippen LogP) is 3.04. The fourth-order valence-corrected chi connectivity index (χ4v) is 4.20. The van der Waals surface area contributed by atoms with E-state index >= 15 is 0 Å². The van der Waals surface area contributed by atoms with Crippen LogP contribution in [0.25, 0.3) is 0 Å². The number of benzene rings is 1. The number of hydrogen-bond acceptors (Lipinski definition) is 3. The highest BCUT2D eigenvalue weighted by Crippen LogP contribution is 2.25. The van der Waals surface area contributed by atoms with E-state index in [1.807, 2.05) is 4.90 Å². The first-order chi connectivity index (χ1) is 12.6. The van der Waals surface area contributed by atoms with Crippen molar-refractivity contribution in [3.63, 3.8) is 0 Å². The highest BCUT2D eigenvalue weighted by atomic mass is 16.2. The summed E-state index contributed by atoms with van der Waals surface area (Å²) in [6, 6.07) is 8.62. The molecule has 5 heteroatoms. The number of hydrogen-bond donors (Lipinski definition) is 0. The third-order valence-electron chi connectivity index (χ3n) is 5.80. The Hall–Kier alpha value is -2.04. The molecule has 1 aromatic rings. The van der Waals surface area contributed by atoms with E-state index in [9.17, 15) is 9.59 Å². The molecule has 5 nitrogen and oxygen atoms in total. The topological polar surface area (TPSA) is 43.9 Å². The average Bonchev–Trinajstić information content (AvgIpc) is 2.68. The van der Waals surface area contributed by atoms with Crippen LogP contribution in [0.1, 0.15) is 51.5 Å². The van der Waals surface area contributed by atoms with Gasteiger partial charge in [0.1, 0.15) is 0 Å². The molecule has 1 saturated heterocycles. The van der Waals surface area contributed by atoms with Gasteiger partial charge in [-0.15, -0.1) is 0 Å². The fraction of sp³-hybridized carbons (Fsp3) is 0.619. The highest BCUT2D eigenvalue weighted by Gasteiger charge is 2.36. The largest absolute Gasteiger partial charge is 0.372 e. The molecule has 0 aromatic heterocycles. The quantitative estimate of drug-likeness (QED) is 0.735. The third-order valence-corrected chi connectivity index (χ3v) is 5.80. The number of piperazine rings is 1. The maximum Gasteiger partial charge on any atom is 0.312 e. The first-order valence-corrected chi connectivity index (χ1v) is 10.1. The van der Waals surface area contributed by atoms with E-state index in [2.05, 4.69) is 43.0 Å². The number of amides is 2. The standard InChI is InChI=1S/C21H31N3O2/c1-3-22(4-2)18-12-10-17(11-13-18)16-23-14-15-24(21(26)20(23)25)19-8-6-5-7-9-19/h10-13,19H,3-9,14-16H2,1-2H3. The van der Waals surface area contributed by atoms with E-state index in [1.54, 1.807) is 4.90 Å². The summed E-state index contributed by atoms with van der Waals surface area (Å²) in [6.45, 7) is 8.08. The lowest BCUT2D eigenvalue weighted by Gasteiger charge is -2.40. The summed E-state index contributed by atoms with van der Waals surface area (Å²) in [5, 5.41) is 0. The SMILES string of the molecule is CCN(CC)c1ccc(CN2CCN(C3CCCCC3)C(=O)C2=O)cc1. The molecule has 2 aliphatic rings. The van der Waals surface area contributed by atoms with Gasteiger partial charge in [-0.3, -0.25) is 9.59 Å². The maximum atomic E-state index is 12.6. The van der Waals surface area contributed by atoms with Gasteiger partial charge < -0.3 is 14.7 Å². The van der Waals surface area contributed by atoms with Crippen LogP contribution in [0.2, 0.25) is 0 Å². The van der Waals surface area contributed by atoms with Crippen LogP contribution in [0.4, 0.5) is 5.69 Å². The average molecular weight is 357 g/mol.